The zero-order valence-corrected chi connectivity index (χ0v) is 26.0. The molecule has 1 aromatic carbocycles. The fraction of sp³-hybridized carbons (Fsp3) is 0.517. The summed E-state index contributed by atoms with van der Waals surface area (Å²) in [6.07, 6.45) is 0.570. The SMILES string of the molecule is COC(=O)C1=C(CN2CC(F)(F)[C@@H]3[C@H]2CON3C[C@H](OC)C(C)(C)C(=O)O)NC(c2nccs2)=N[C@H]1c1ccc(F)c(F)c1C. The lowest BCUT2D eigenvalue weighted by Crippen LogP contribution is -2.51. The van der Waals surface area contributed by atoms with Gasteiger partial charge in [0.05, 0.1) is 49.9 Å². The standard InChI is InChI=1S/C29H33F4N5O6S/c1-14-15(6-7-16(30)21(14)31)22-20(26(39)43-5)17(35-24(36-22)25-34-8-9-45-25)10-37-13-29(32,33)23-18(37)12-44-38(23)11-19(42-4)28(2,3)27(40)41/h6-9,18-19,22-23H,10-13H2,1-5H3,(H,35,36)(H,40,41)/t18-,19+,22+,23+/m1/s1. The molecular weight excluding hydrogens is 622 g/mol. The third-order valence-corrected chi connectivity index (χ3v) is 9.37. The number of halogens is 4. The third kappa shape index (κ3) is 5.96. The molecule has 0 saturated carbocycles. The van der Waals surface area contributed by atoms with Crippen LogP contribution in [0.4, 0.5) is 17.6 Å². The number of nitrogens with one attached hydrogen (secondary N) is 1. The molecule has 2 fully saturated rings. The van der Waals surface area contributed by atoms with Crippen molar-refractivity contribution in [3.05, 3.63) is 62.7 Å². The highest BCUT2D eigenvalue weighted by Gasteiger charge is 2.61. The highest BCUT2D eigenvalue weighted by atomic mass is 32.1. The topological polar surface area (TPSA) is 126 Å². The lowest BCUT2D eigenvalue weighted by molar-refractivity contribution is -0.205. The van der Waals surface area contributed by atoms with E-state index in [2.05, 4.69) is 15.3 Å². The number of hydrogen-bond donors (Lipinski definition) is 2. The van der Waals surface area contributed by atoms with Crippen LogP contribution in [0, 0.1) is 24.0 Å². The van der Waals surface area contributed by atoms with E-state index in [9.17, 15) is 23.5 Å². The Kier molecular flexibility index (Phi) is 9.07. The van der Waals surface area contributed by atoms with E-state index in [-0.39, 0.29) is 47.9 Å². The molecule has 2 saturated heterocycles. The molecule has 3 aliphatic heterocycles. The molecule has 0 radical (unpaired) electrons. The molecule has 0 aliphatic carbocycles. The largest absolute Gasteiger partial charge is 0.481 e. The maximum atomic E-state index is 15.7. The zero-order chi connectivity index (χ0) is 32.8. The van der Waals surface area contributed by atoms with E-state index >= 15 is 8.78 Å². The number of benzene rings is 1. The number of amidine groups is 1. The van der Waals surface area contributed by atoms with Crippen molar-refractivity contribution in [3.8, 4) is 0 Å². The van der Waals surface area contributed by atoms with Gasteiger partial charge in [-0.3, -0.25) is 19.5 Å². The number of rotatable bonds is 10. The van der Waals surface area contributed by atoms with E-state index < -0.39 is 65.7 Å². The number of thiazole rings is 1. The Hall–Kier alpha value is -3.44. The predicted molar refractivity (Wildman–Crippen MR) is 154 cm³/mol. The van der Waals surface area contributed by atoms with Crippen LogP contribution in [0.15, 0.2) is 40.0 Å². The number of hydroxylamine groups is 2. The van der Waals surface area contributed by atoms with Crippen molar-refractivity contribution in [2.24, 2.45) is 10.4 Å². The first-order chi connectivity index (χ1) is 21.2. The maximum Gasteiger partial charge on any atom is 0.338 e. The number of ether oxygens (including phenoxy) is 2. The van der Waals surface area contributed by atoms with Gasteiger partial charge in [0.15, 0.2) is 22.5 Å². The van der Waals surface area contributed by atoms with Gasteiger partial charge in [-0.05, 0) is 38.0 Å². The zero-order valence-electron chi connectivity index (χ0n) is 25.1. The first-order valence-corrected chi connectivity index (χ1v) is 14.9. The fourth-order valence-corrected chi connectivity index (χ4v) is 6.55. The average molecular weight is 656 g/mol. The van der Waals surface area contributed by atoms with Crippen LogP contribution < -0.4 is 5.32 Å². The number of methoxy groups -OCH3 is 2. The number of hydrogen-bond acceptors (Lipinski definition) is 11. The molecule has 3 aliphatic rings. The molecule has 2 aromatic rings. The second-order valence-corrected chi connectivity index (χ2v) is 12.5. The van der Waals surface area contributed by atoms with Crippen molar-refractivity contribution < 1.29 is 46.6 Å². The number of aromatic nitrogens is 1. The predicted octanol–water partition coefficient (Wildman–Crippen LogP) is 3.31. The summed E-state index contributed by atoms with van der Waals surface area (Å²) in [4.78, 5) is 41.2. The highest BCUT2D eigenvalue weighted by molar-refractivity contribution is 7.11. The minimum atomic E-state index is -3.30. The smallest absolute Gasteiger partial charge is 0.338 e. The van der Waals surface area contributed by atoms with Crippen molar-refractivity contribution >= 4 is 29.1 Å². The Bertz CT molecular complexity index is 1540. The van der Waals surface area contributed by atoms with Crippen molar-refractivity contribution in [1.82, 2.24) is 20.3 Å². The van der Waals surface area contributed by atoms with E-state index in [0.29, 0.717) is 5.01 Å². The van der Waals surface area contributed by atoms with Crippen LogP contribution in [0.25, 0.3) is 0 Å². The Balaban J connectivity index is 1.52. The lowest BCUT2D eigenvalue weighted by atomic mass is 9.86. The number of carbonyl (C=O) groups is 2. The van der Waals surface area contributed by atoms with Gasteiger partial charge in [-0.25, -0.2) is 27.3 Å². The van der Waals surface area contributed by atoms with Crippen molar-refractivity contribution in [2.75, 3.05) is 40.5 Å². The number of nitrogens with zero attached hydrogens (tertiary/aromatic N) is 4. The highest BCUT2D eigenvalue weighted by Crippen LogP contribution is 2.42. The first kappa shape index (κ1) is 32.9. The average Bonchev–Trinajstić information content (AvgIpc) is 3.73. The van der Waals surface area contributed by atoms with Crippen LogP contribution in [0.2, 0.25) is 0 Å². The third-order valence-electron chi connectivity index (χ3n) is 8.59. The summed E-state index contributed by atoms with van der Waals surface area (Å²) in [5.74, 6) is -7.24. The van der Waals surface area contributed by atoms with Gasteiger partial charge in [-0.2, -0.15) is 5.06 Å². The molecule has 0 bridgehead atoms. The van der Waals surface area contributed by atoms with Gasteiger partial charge < -0.3 is 19.9 Å². The number of aliphatic imine (C=N–C) groups is 1. The van der Waals surface area contributed by atoms with Crippen LogP contribution in [-0.4, -0.2) is 102 Å². The summed E-state index contributed by atoms with van der Waals surface area (Å²) in [5, 5.41) is 15.9. The molecule has 244 valence electrons. The number of likely N-dealkylation sites (tertiary alicyclic amines) is 1. The molecule has 4 atom stereocenters. The molecule has 16 heteroatoms. The molecule has 11 nitrogen and oxygen atoms in total. The van der Waals surface area contributed by atoms with Gasteiger partial charge in [0.1, 0.15) is 12.1 Å². The fourth-order valence-electron chi connectivity index (χ4n) is 5.96. The number of aliphatic carboxylic acids is 1. The van der Waals surface area contributed by atoms with Crippen LogP contribution in [-0.2, 0) is 23.9 Å². The molecule has 4 heterocycles. The van der Waals surface area contributed by atoms with Gasteiger partial charge in [0.25, 0.3) is 5.92 Å². The van der Waals surface area contributed by atoms with E-state index in [1.54, 1.807) is 5.38 Å². The van der Waals surface area contributed by atoms with Gasteiger partial charge in [-0.15, -0.1) is 11.3 Å². The molecule has 5 rings (SSSR count). The number of fused-ring (bicyclic) bond motifs is 1. The summed E-state index contributed by atoms with van der Waals surface area (Å²) >= 11 is 1.23. The Labute approximate surface area is 260 Å². The van der Waals surface area contributed by atoms with Gasteiger partial charge >= 0.3 is 11.9 Å². The summed E-state index contributed by atoms with van der Waals surface area (Å²) < 4.78 is 70.6. The summed E-state index contributed by atoms with van der Waals surface area (Å²) in [5.41, 5.74) is -1.16. The van der Waals surface area contributed by atoms with E-state index in [4.69, 9.17) is 14.3 Å². The number of alkyl halides is 2. The number of carboxylic acids is 1. The van der Waals surface area contributed by atoms with Crippen LogP contribution in [0.3, 0.4) is 0 Å². The van der Waals surface area contributed by atoms with E-state index in [0.717, 1.165) is 18.2 Å². The molecular formula is C29H33F4N5O6S. The van der Waals surface area contributed by atoms with E-state index in [1.807, 2.05) is 0 Å². The summed E-state index contributed by atoms with van der Waals surface area (Å²) in [6.45, 7) is 2.96. The molecule has 1 aromatic heterocycles. The first-order valence-electron chi connectivity index (χ1n) is 14.0. The van der Waals surface area contributed by atoms with Crippen molar-refractivity contribution in [1.29, 1.82) is 0 Å². The van der Waals surface area contributed by atoms with Crippen LogP contribution in [0.1, 0.15) is 36.0 Å². The van der Waals surface area contributed by atoms with Gasteiger partial charge in [0.2, 0.25) is 0 Å². The molecule has 0 unspecified atom stereocenters. The summed E-state index contributed by atoms with van der Waals surface area (Å²) in [7, 11) is 2.46. The van der Waals surface area contributed by atoms with Gasteiger partial charge in [0, 0.05) is 30.9 Å². The number of carbonyl (C=O) groups excluding carboxylic acids is 1. The maximum absolute atomic E-state index is 15.7. The lowest BCUT2D eigenvalue weighted by Gasteiger charge is -2.34. The number of esters is 1. The second kappa shape index (κ2) is 12.4. The minimum Gasteiger partial charge on any atom is -0.481 e. The molecule has 0 amide bonds. The molecule has 0 spiro atoms. The Morgan fingerprint density at radius 3 is 2.64 bits per heavy atom. The molecule has 2 N–H and O–H groups in total. The summed E-state index contributed by atoms with van der Waals surface area (Å²) in [6, 6.07) is -1.22. The number of carboxylic acid groups (broad SMARTS) is 1. The monoisotopic (exact) mass is 655 g/mol. The van der Waals surface area contributed by atoms with Crippen molar-refractivity contribution in [3.63, 3.8) is 0 Å². The second-order valence-electron chi connectivity index (χ2n) is 11.6. The van der Waals surface area contributed by atoms with Crippen LogP contribution >= 0.6 is 11.3 Å². The minimum absolute atomic E-state index is 0.0582. The molecule has 45 heavy (non-hydrogen) atoms. The van der Waals surface area contributed by atoms with Crippen molar-refractivity contribution in [2.45, 2.75) is 50.9 Å². The van der Waals surface area contributed by atoms with Gasteiger partial charge in [-0.1, -0.05) is 6.07 Å². The van der Waals surface area contributed by atoms with E-state index in [1.165, 1.54) is 56.4 Å². The Morgan fingerprint density at radius 2 is 2.02 bits per heavy atom. The van der Waals surface area contributed by atoms with Crippen LogP contribution in [0.5, 0.6) is 0 Å². The Morgan fingerprint density at radius 1 is 1.29 bits per heavy atom. The quantitative estimate of drug-likeness (QED) is 0.291. The normalized spacial score (nSPS) is 24.3.